The molecule has 0 radical (unpaired) electrons. The van der Waals surface area contributed by atoms with Gasteiger partial charge >= 0.3 is 0 Å². The third-order valence-electron chi connectivity index (χ3n) is 4.10. The Morgan fingerprint density at radius 1 is 1.13 bits per heavy atom. The second-order valence-corrected chi connectivity index (χ2v) is 5.72. The van der Waals surface area contributed by atoms with Crippen molar-refractivity contribution in [1.82, 2.24) is 25.4 Å². The van der Waals surface area contributed by atoms with Gasteiger partial charge in [0.25, 0.3) is 0 Å². The van der Waals surface area contributed by atoms with Crippen molar-refractivity contribution in [2.75, 3.05) is 52.4 Å². The topological polar surface area (TPSA) is 55.8 Å². The number of likely N-dealkylation sites (N-methyl/N-ethyl adjacent to an activating group) is 1. The number of nitrogens with zero attached hydrogens (tertiary/aromatic N) is 4. The van der Waals surface area contributed by atoms with Gasteiger partial charge in [-0.1, -0.05) is 13.0 Å². The molecule has 0 atom stereocenters. The highest BCUT2D eigenvalue weighted by Gasteiger charge is 2.14. The molecule has 6 nitrogen and oxygen atoms in total. The SMILES string of the molecule is CCNC(=NCc1ccccn1)NCCN1CCN(CC)CC1. The van der Waals surface area contributed by atoms with Crippen molar-refractivity contribution < 1.29 is 0 Å². The van der Waals surface area contributed by atoms with Crippen molar-refractivity contribution in [3.8, 4) is 0 Å². The van der Waals surface area contributed by atoms with E-state index in [9.17, 15) is 0 Å². The Bertz CT molecular complexity index is 453. The molecule has 0 aromatic carbocycles. The van der Waals surface area contributed by atoms with Crippen LogP contribution in [-0.2, 0) is 6.54 Å². The Morgan fingerprint density at radius 2 is 1.91 bits per heavy atom. The Kier molecular flexibility index (Phi) is 7.83. The van der Waals surface area contributed by atoms with E-state index in [4.69, 9.17) is 0 Å². The van der Waals surface area contributed by atoms with Gasteiger partial charge in [-0.3, -0.25) is 9.88 Å². The lowest BCUT2D eigenvalue weighted by Crippen LogP contribution is -2.49. The van der Waals surface area contributed by atoms with Crippen LogP contribution in [0.4, 0.5) is 0 Å². The van der Waals surface area contributed by atoms with Crippen LogP contribution in [0.3, 0.4) is 0 Å². The molecule has 128 valence electrons. The number of hydrogen-bond donors (Lipinski definition) is 2. The lowest BCUT2D eigenvalue weighted by atomic mass is 10.3. The van der Waals surface area contributed by atoms with Gasteiger partial charge < -0.3 is 15.5 Å². The highest BCUT2D eigenvalue weighted by Crippen LogP contribution is 2.00. The van der Waals surface area contributed by atoms with E-state index in [1.807, 2.05) is 18.2 Å². The minimum Gasteiger partial charge on any atom is -0.357 e. The van der Waals surface area contributed by atoms with E-state index in [0.717, 1.165) is 50.9 Å². The predicted octanol–water partition coefficient (Wildman–Crippen LogP) is 0.774. The Labute approximate surface area is 140 Å². The molecule has 1 saturated heterocycles. The molecular weight excluding hydrogens is 288 g/mol. The van der Waals surface area contributed by atoms with E-state index < -0.39 is 0 Å². The lowest BCUT2D eigenvalue weighted by Gasteiger charge is -2.34. The summed E-state index contributed by atoms with van der Waals surface area (Å²) in [5, 5.41) is 6.71. The van der Waals surface area contributed by atoms with Crippen molar-refractivity contribution in [3.63, 3.8) is 0 Å². The highest BCUT2D eigenvalue weighted by atomic mass is 15.3. The third kappa shape index (κ3) is 6.54. The van der Waals surface area contributed by atoms with Crippen molar-refractivity contribution in [2.24, 2.45) is 4.99 Å². The van der Waals surface area contributed by atoms with Crippen LogP contribution in [0.15, 0.2) is 29.4 Å². The Balaban J connectivity index is 1.72. The maximum atomic E-state index is 4.60. The number of rotatable bonds is 7. The molecule has 0 spiro atoms. The Hall–Kier alpha value is -1.66. The minimum atomic E-state index is 0.603. The van der Waals surface area contributed by atoms with Crippen LogP contribution in [0.2, 0.25) is 0 Å². The van der Waals surface area contributed by atoms with Crippen molar-refractivity contribution in [1.29, 1.82) is 0 Å². The molecule has 23 heavy (non-hydrogen) atoms. The molecule has 0 amide bonds. The zero-order chi connectivity index (χ0) is 16.3. The van der Waals surface area contributed by atoms with Gasteiger partial charge in [-0.25, -0.2) is 4.99 Å². The summed E-state index contributed by atoms with van der Waals surface area (Å²) in [4.78, 5) is 13.9. The summed E-state index contributed by atoms with van der Waals surface area (Å²) < 4.78 is 0. The van der Waals surface area contributed by atoms with Crippen LogP contribution in [-0.4, -0.2) is 73.1 Å². The van der Waals surface area contributed by atoms with E-state index in [1.54, 1.807) is 6.20 Å². The third-order valence-corrected chi connectivity index (χ3v) is 4.10. The molecule has 2 rings (SSSR count). The standard InChI is InChI=1S/C17H30N6/c1-3-18-17(21-15-16-7-5-6-8-19-16)20-9-10-23-13-11-22(4-2)12-14-23/h5-8H,3-4,9-15H2,1-2H3,(H2,18,20,21). The second-order valence-electron chi connectivity index (χ2n) is 5.72. The summed E-state index contributed by atoms with van der Waals surface area (Å²) >= 11 is 0. The quantitative estimate of drug-likeness (QED) is 0.575. The van der Waals surface area contributed by atoms with Crippen LogP contribution in [0, 0.1) is 0 Å². The first-order chi connectivity index (χ1) is 11.3. The average Bonchev–Trinajstić information content (AvgIpc) is 2.61. The molecular formula is C17H30N6. The number of guanidine groups is 1. The first-order valence-electron chi connectivity index (χ1n) is 8.68. The molecule has 2 heterocycles. The predicted molar refractivity (Wildman–Crippen MR) is 95.6 cm³/mol. The lowest BCUT2D eigenvalue weighted by molar-refractivity contribution is 0.139. The maximum Gasteiger partial charge on any atom is 0.191 e. The highest BCUT2D eigenvalue weighted by molar-refractivity contribution is 5.79. The fourth-order valence-electron chi connectivity index (χ4n) is 2.66. The molecule has 1 aliphatic rings. The first kappa shape index (κ1) is 17.7. The van der Waals surface area contributed by atoms with Gasteiger partial charge in [0.2, 0.25) is 0 Å². The normalized spacial score (nSPS) is 17.2. The summed E-state index contributed by atoms with van der Waals surface area (Å²) in [5.41, 5.74) is 0.986. The van der Waals surface area contributed by atoms with E-state index in [-0.39, 0.29) is 0 Å². The van der Waals surface area contributed by atoms with E-state index in [0.29, 0.717) is 6.54 Å². The van der Waals surface area contributed by atoms with Gasteiger partial charge in [0.05, 0.1) is 12.2 Å². The number of pyridine rings is 1. The Morgan fingerprint density at radius 3 is 2.57 bits per heavy atom. The minimum absolute atomic E-state index is 0.603. The smallest absolute Gasteiger partial charge is 0.191 e. The van der Waals surface area contributed by atoms with Gasteiger partial charge in [-0.2, -0.15) is 0 Å². The average molecular weight is 318 g/mol. The van der Waals surface area contributed by atoms with Crippen molar-refractivity contribution in [3.05, 3.63) is 30.1 Å². The summed E-state index contributed by atoms with van der Waals surface area (Å²) in [6, 6.07) is 5.92. The van der Waals surface area contributed by atoms with Crippen LogP contribution >= 0.6 is 0 Å². The molecule has 0 saturated carbocycles. The summed E-state index contributed by atoms with van der Waals surface area (Å²) in [6.45, 7) is 13.6. The van der Waals surface area contributed by atoms with E-state index in [2.05, 4.69) is 44.3 Å². The molecule has 1 aromatic heterocycles. The summed E-state index contributed by atoms with van der Waals surface area (Å²) in [6.07, 6.45) is 1.81. The van der Waals surface area contributed by atoms with E-state index in [1.165, 1.54) is 13.1 Å². The van der Waals surface area contributed by atoms with Gasteiger partial charge in [0.15, 0.2) is 5.96 Å². The molecule has 0 bridgehead atoms. The first-order valence-corrected chi connectivity index (χ1v) is 8.68. The largest absolute Gasteiger partial charge is 0.357 e. The van der Waals surface area contributed by atoms with Gasteiger partial charge in [0.1, 0.15) is 0 Å². The number of aliphatic imine (C=N–C) groups is 1. The van der Waals surface area contributed by atoms with E-state index >= 15 is 0 Å². The molecule has 0 unspecified atom stereocenters. The number of piperazine rings is 1. The molecule has 2 N–H and O–H groups in total. The zero-order valence-corrected chi connectivity index (χ0v) is 14.5. The number of aromatic nitrogens is 1. The molecule has 1 fully saturated rings. The van der Waals surface area contributed by atoms with Gasteiger partial charge in [0, 0.05) is 52.0 Å². The zero-order valence-electron chi connectivity index (χ0n) is 14.5. The molecule has 0 aliphatic carbocycles. The summed E-state index contributed by atoms with van der Waals surface area (Å²) in [7, 11) is 0. The van der Waals surface area contributed by atoms with Crippen molar-refractivity contribution >= 4 is 5.96 Å². The van der Waals surface area contributed by atoms with Crippen molar-refractivity contribution in [2.45, 2.75) is 20.4 Å². The van der Waals surface area contributed by atoms with Crippen LogP contribution in [0.25, 0.3) is 0 Å². The molecule has 1 aromatic rings. The molecule has 6 heteroatoms. The van der Waals surface area contributed by atoms with Gasteiger partial charge in [-0.15, -0.1) is 0 Å². The number of hydrogen-bond acceptors (Lipinski definition) is 4. The fraction of sp³-hybridized carbons (Fsp3) is 0.647. The van der Waals surface area contributed by atoms with Crippen LogP contribution < -0.4 is 10.6 Å². The number of nitrogens with one attached hydrogen (secondary N) is 2. The monoisotopic (exact) mass is 318 g/mol. The van der Waals surface area contributed by atoms with Crippen LogP contribution in [0.5, 0.6) is 0 Å². The maximum absolute atomic E-state index is 4.60. The summed E-state index contributed by atoms with van der Waals surface area (Å²) in [5.74, 6) is 0.866. The van der Waals surface area contributed by atoms with Crippen LogP contribution in [0.1, 0.15) is 19.5 Å². The second kappa shape index (κ2) is 10.2. The fourth-order valence-corrected chi connectivity index (χ4v) is 2.66. The molecule has 1 aliphatic heterocycles. The van der Waals surface area contributed by atoms with Gasteiger partial charge in [-0.05, 0) is 25.6 Å².